The van der Waals surface area contributed by atoms with Crippen LogP contribution < -0.4 is 10.5 Å². The molecule has 2 rings (SSSR count). The van der Waals surface area contributed by atoms with E-state index in [1.807, 2.05) is 0 Å². The van der Waals surface area contributed by atoms with Crippen LogP contribution in [0.5, 0.6) is 5.75 Å². The molecule has 7 heteroatoms. The number of carbonyl (C=O) groups excluding carboxylic acids is 1. The second-order valence-electron chi connectivity index (χ2n) is 4.04. The van der Waals surface area contributed by atoms with E-state index in [2.05, 4.69) is 5.32 Å². The number of benzene rings is 2. The van der Waals surface area contributed by atoms with Crippen molar-refractivity contribution in [3.05, 3.63) is 54.1 Å². The fourth-order valence-electron chi connectivity index (χ4n) is 1.59. The first-order valence-electron chi connectivity index (χ1n) is 5.60. The van der Waals surface area contributed by atoms with E-state index in [0.717, 1.165) is 18.2 Å². The maximum Gasteiger partial charge on any atom is 0.259 e. The lowest BCUT2D eigenvalue weighted by atomic mass is 10.2. The number of rotatable bonds is 3. The molecule has 0 aliphatic carbocycles. The van der Waals surface area contributed by atoms with Crippen molar-refractivity contribution in [3.63, 3.8) is 0 Å². The Kier molecular flexibility index (Phi) is 3.73. The van der Waals surface area contributed by atoms with Gasteiger partial charge in [-0.2, -0.15) is 0 Å². The van der Waals surface area contributed by atoms with Crippen LogP contribution in [0.25, 0.3) is 0 Å². The summed E-state index contributed by atoms with van der Waals surface area (Å²) in [6, 6.07) is 11.9. The number of phenols is 1. The Hall–Kier alpha value is -2.38. The Morgan fingerprint density at radius 1 is 1.10 bits per heavy atom. The zero-order valence-electron chi connectivity index (χ0n) is 10.3. The molecule has 0 heterocycles. The monoisotopic (exact) mass is 292 g/mol. The molecular weight excluding hydrogens is 280 g/mol. The number of hydrogen-bond acceptors (Lipinski definition) is 4. The quantitative estimate of drug-likeness (QED) is 0.791. The molecule has 0 radical (unpaired) electrons. The topological polar surface area (TPSA) is 109 Å². The number of phenolic OH excluding ortho intramolecular Hbond substituents is 1. The Morgan fingerprint density at radius 2 is 1.75 bits per heavy atom. The molecule has 2 aromatic carbocycles. The van der Waals surface area contributed by atoms with Gasteiger partial charge in [0.25, 0.3) is 5.91 Å². The first-order valence-corrected chi connectivity index (χ1v) is 7.15. The first-order chi connectivity index (χ1) is 9.38. The van der Waals surface area contributed by atoms with Gasteiger partial charge in [-0.3, -0.25) is 4.79 Å². The molecule has 0 unspecified atom stereocenters. The average Bonchev–Trinajstić information content (AvgIpc) is 2.39. The summed E-state index contributed by atoms with van der Waals surface area (Å²) in [5, 5.41) is 17.2. The minimum atomic E-state index is -3.94. The number of sulfonamides is 1. The molecule has 0 aliphatic heterocycles. The van der Waals surface area contributed by atoms with Gasteiger partial charge in [0.2, 0.25) is 10.0 Å². The maximum atomic E-state index is 12.0. The summed E-state index contributed by atoms with van der Waals surface area (Å²) < 4.78 is 22.5. The minimum absolute atomic E-state index is 0.166. The average molecular weight is 292 g/mol. The summed E-state index contributed by atoms with van der Waals surface area (Å²) in [5.74, 6) is -0.954. The van der Waals surface area contributed by atoms with Crippen molar-refractivity contribution < 1.29 is 18.3 Å². The van der Waals surface area contributed by atoms with E-state index in [1.165, 1.54) is 0 Å². The van der Waals surface area contributed by atoms with Gasteiger partial charge in [0.15, 0.2) is 0 Å². The summed E-state index contributed by atoms with van der Waals surface area (Å²) in [6.45, 7) is 0. The van der Waals surface area contributed by atoms with E-state index in [9.17, 15) is 18.3 Å². The number of amides is 1. The number of anilines is 1. The molecule has 0 bridgehead atoms. The number of nitrogens with one attached hydrogen (secondary N) is 1. The van der Waals surface area contributed by atoms with Crippen molar-refractivity contribution in [1.29, 1.82) is 0 Å². The number of carbonyl (C=O) groups is 1. The van der Waals surface area contributed by atoms with Gasteiger partial charge in [-0.15, -0.1) is 0 Å². The zero-order valence-corrected chi connectivity index (χ0v) is 11.1. The van der Waals surface area contributed by atoms with E-state index >= 15 is 0 Å². The van der Waals surface area contributed by atoms with Crippen molar-refractivity contribution in [1.82, 2.24) is 0 Å². The van der Waals surface area contributed by atoms with Crippen molar-refractivity contribution >= 4 is 21.6 Å². The van der Waals surface area contributed by atoms with Crippen molar-refractivity contribution in [3.8, 4) is 5.75 Å². The third-order valence-electron chi connectivity index (χ3n) is 2.57. The van der Waals surface area contributed by atoms with Gasteiger partial charge in [-0.1, -0.05) is 18.2 Å². The number of nitrogens with two attached hydrogens (primary N) is 1. The summed E-state index contributed by atoms with van der Waals surface area (Å²) in [6.07, 6.45) is 0. The van der Waals surface area contributed by atoms with Crippen LogP contribution in [-0.2, 0) is 10.0 Å². The van der Waals surface area contributed by atoms with Crippen molar-refractivity contribution in [2.24, 2.45) is 5.14 Å². The Balaban J connectivity index is 2.35. The van der Waals surface area contributed by atoms with E-state index in [-0.39, 0.29) is 16.2 Å². The Bertz CT molecular complexity index is 742. The van der Waals surface area contributed by atoms with Crippen LogP contribution in [-0.4, -0.2) is 19.4 Å². The molecule has 104 valence electrons. The number of aromatic hydroxyl groups is 1. The Labute approximate surface area is 115 Å². The molecule has 0 atom stereocenters. The first kappa shape index (κ1) is 14.0. The van der Waals surface area contributed by atoms with Crippen LogP contribution in [0.3, 0.4) is 0 Å². The minimum Gasteiger partial charge on any atom is -0.507 e. The van der Waals surface area contributed by atoms with Crippen LogP contribution in [0.2, 0.25) is 0 Å². The van der Waals surface area contributed by atoms with Gasteiger partial charge >= 0.3 is 0 Å². The molecule has 4 N–H and O–H groups in total. The fourth-order valence-corrected chi connectivity index (χ4v) is 2.13. The maximum absolute atomic E-state index is 12.0. The lowest BCUT2D eigenvalue weighted by molar-refractivity contribution is 0.102. The van der Waals surface area contributed by atoms with Gasteiger partial charge in [0, 0.05) is 5.69 Å². The highest BCUT2D eigenvalue weighted by molar-refractivity contribution is 7.89. The molecule has 6 nitrogen and oxygen atoms in total. The highest BCUT2D eigenvalue weighted by atomic mass is 32.2. The molecular formula is C13H12N2O4S. The van der Waals surface area contributed by atoms with Gasteiger partial charge in [0.05, 0.1) is 10.5 Å². The summed E-state index contributed by atoms with van der Waals surface area (Å²) in [7, 11) is -3.94. The number of hydrogen-bond donors (Lipinski definition) is 3. The highest BCUT2D eigenvalue weighted by Gasteiger charge is 2.16. The van der Waals surface area contributed by atoms with Crippen LogP contribution in [0, 0.1) is 0 Å². The van der Waals surface area contributed by atoms with Crippen molar-refractivity contribution in [2.75, 3.05) is 5.32 Å². The SMILES string of the molecule is NS(=O)(=O)c1ccc(O)c(C(=O)Nc2ccccc2)c1. The number of para-hydroxylation sites is 1. The molecule has 0 fully saturated rings. The molecule has 2 aromatic rings. The van der Waals surface area contributed by atoms with Crippen LogP contribution in [0.4, 0.5) is 5.69 Å². The number of primary sulfonamides is 1. The molecule has 1 amide bonds. The summed E-state index contributed by atoms with van der Waals surface area (Å²) in [4.78, 5) is 11.8. The molecule has 0 spiro atoms. The smallest absolute Gasteiger partial charge is 0.259 e. The van der Waals surface area contributed by atoms with E-state index < -0.39 is 15.9 Å². The predicted octanol–water partition coefficient (Wildman–Crippen LogP) is 1.29. The van der Waals surface area contributed by atoms with Gasteiger partial charge < -0.3 is 10.4 Å². The second-order valence-corrected chi connectivity index (χ2v) is 5.61. The van der Waals surface area contributed by atoms with E-state index in [1.54, 1.807) is 30.3 Å². The third-order valence-corrected chi connectivity index (χ3v) is 3.48. The standard InChI is InChI=1S/C13H12N2O4S/c14-20(18,19)10-6-7-12(16)11(8-10)13(17)15-9-4-2-1-3-5-9/h1-8,16H,(H,15,17)(H2,14,18,19). The third kappa shape index (κ3) is 3.14. The van der Waals surface area contributed by atoms with Crippen LogP contribution in [0.15, 0.2) is 53.4 Å². The molecule has 0 aliphatic rings. The predicted molar refractivity (Wildman–Crippen MR) is 73.9 cm³/mol. The molecule has 0 saturated heterocycles. The normalized spacial score (nSPS) is 11.1. The van der Waals surface area contributed by atoms with E-state index in [4.69, 9.17) is 5.14 Å². The molecule has 0 saturated carbocycles. The van der Waals surface area contributed by atoms with Gasteiger partial charge in [-0.25, -0.2) is 13.6 Å². The summed E-state index contributed by atoms with van der Waals surface area (Å²) >= 11 is 0. The zero-order chi connectivity index (χ0) is 14.8. The second kappa shape index (κ2) is 5.32. The largest absolute Gasteiger partial charge is 0.507 e. The van der Waals surface area contributed by atoms with Crippen LogP contribution >= 0.6 is 0 Å². The lowest BCUT2D eigenvalue weighted by Crippen LogP contribution is -2.16. The van der Waals surface area contributed by atoms with Crippen molar-refractivity contribution in [2.45, 2.75) is 4.90 Å². The summed E-state index contributed by atoms with van der Waals surface area (Å²) in [5.41, 5.74) is 0.360. The van der Waals surface area contributed by atoms with Gasteiger partial charge in [-0.05, 0) is 30.3 Å². The van der Waals surface area contributed by atoms with E-state index in [0.29, 0.717) is 5.69 Å². The van der Waals surface area contributed by atoms with Crippen LogP contribution in [0.1, 0.15) is 10.4 Å². The molecule has 20 heavy (non-hydrogen) atoms. The Morgan fingerprint density at radius 3 is 2.35 bits per heavy atom. The molecule has 0 aromatic heterocycles. The lowest BCUT2D eigenvalue weighted by Gasteiger charge is -2.08. The highest BCUT2D eigenvalue weighted by Crippen LogP contribution is 2.22. The van der Waals surface area contributed by atoms with Gasteiger partial charge in [0.1, 0.15) is 5.75 Å². The fraction of sp³-hybridized carbons (Fsp3) is 0.